The van der Waals surface area contributed by atoms with Crippen molar-refractivity contribution in [1.82, 2.24) is 0 Å². The molecule has 3 N–H and O–H groups in total. The fraction of sp³-hybridized carbons (Fsp3) is 0.250. The number of amides is 1. The van der Waals surface area contributed by atoms with Crippen LogP contribution in [0.3, 0.4) is 0 Å². The van der Waals surface area contributed by atoms with E-state index in [1.165, 1.54) is 14.2 Å². The molecular weight excluding hydrogens is 400 g/mol. The third-order valence-electron chi connectivity index (χ3n) is 3.95. The molecule has 0 fully saturated rings. The van der Waals surface area contributed by atoms with Crippen molar-refractivity contribution in [3.8, 4) is 5.75 Å². The molecule has 0 aliphatic carbocycles. The lowest BCUT2D eigenvalue weighted by Gasteiger charge is -2.17. The Labute approximate surface area is 174 Å². The first kappa shape index (κ1) is 23.8. The molecule has 0 heterocycles. The highest BCUT2D eigenvalue weighted by Crippen LogP contribution is 2.23. The number of nitrogens with two attached hydrogens (primary N) is 1. The van der Waals surface area contributed by atoms with Crippen molar-refractivity contribution in [2.24, 2.45) is 5.92 Å². The summed E-state index contributed by atoms with van der Waals surface area (Å²) in [6.07, 6.45) is 0.0326. The lowest BCUT2D eigenvalue weighted by atomic mass is 9.97. The summed E-state index contributed by atoms with van der Waals surface area (Å²) in [6, 6.07) is 13.4. The minimum Gasteiger partial charge on any atom is -0.482 e. The summed E-state index contributed by atoms with van der Waals surface area (Å²) >= 11 is 0. The molecule has 0 bridgehead atoms. The first-order valence-electron chi connectivity index (χ1n) is 8.46. The number of ether oxygens (including phenoxy) is 3. The maximum Gasteiger partial charge on any atom is 0.343 e. The first-order chi connectivity index (χ1) is 13.4. The molecule has 9 heteroatoms. The number of carbonyl (C=O) groups is 3. The Balaban J connectivity index is 0.00000420. The third kappa shape index (κ3) is 7.00. The summed E-state index contributed by atoms with van der Waals surface area (Å²) in [5, 5.41) is 2.67. The van der Waals surface area contributed by atoms with Crippen LogP contribution in [-0.4, -0.2) is 38.7 Å². The fourth-order valence-corrected chi connectivity index (χ4v) is 2.45. The number of nitrogen functional groups attached to an aromatic ring is 1. The quantitative estimate of drug-likeness (QED) is 0.380. The summed E-state index contributed by atoms with van der Waals surface area (Å²) in [5.74, 6) is -2.48. The second kappa shape index (κ2) is 11.6. The zero-order chi connectivity index (χ0) is 20.5. The highest BCUT2D eigenvalue weighted by Gasteiger charge is 2.29. The molecule has 0 aromatic heterocycles. The van der Waals surface area contributed by atoms with E-state index in [1.807, 2.05) is 0 Å². The van der Waals surface area contributed by atoms with Crippen molar-refractivity contribution < 1.29 is 28.6 Å². The van der Waals surface area contributed by atoms with Crippen molar-refractivity contribution in [2.45, 2.75) is 6.42 Å². The number of carbonyl (C=O) groups excluding carboxylic acids is 3. The van der Waals surface area contributed by atoms with Gasteiger partial charge < -0.3 is 25.3 Å². The predicted molar refractivity (Wildman–Crippen MR) is 110 cm³/mol. The second-order valence-corrected chi connectivity index (χ2v) is 5.86. The van der Waals surface area contributed by atoms with E-state index in [9.17, 15) is 14.4 Å². The van der Waals surface area contributed by atoms with Gasteiger partial charge in [-0.1, -0.05) is 18.2 Å². The number of rotatable bonds is 8. The molecule has 2 aromatic rings. The van der Waals surface area contributed by atoms with Gasteiger partial charge in [0, 0.05) is 11.4 Å². The normalized spacial score (nSPS) is 10.8. The number of methoxy groups -OCH3 is 2. The van der Waals surface area contributed by atoms with E-state index in [0.717, 1.165) is 0 Å². The Kier molecular flexibility index (Phi) is 9.47. The lowest BCUT2D eigenvalue weighted by Crippen LogP contribution is -2.32. The SMILES string of the molecule is COC(=O)COc1ccccc1CC(C(=O)Nc1ccc(N)cc1)C(=O)OC.Cl. The number of esters is 2. The van der Waals surface area contributed by atoms with Crippen LogP contribution in [0.25, 0.3) is 0 Å². The number of para-hydroxylation sites is 1. The second-order valence-electron chi connectivity index (χ2n) is 5.86. The fourth-order valence-electron chi connectivity index (χ4n) is 2.45. The van der Waals surface area contributed by atoms with Crippen molar-refractivity contribution in [1.29, 1.82) is 0 Å². The first-order valence-corrected chi connectivity index (χ1v) is 8.46. The van der Waals surface area contributed by atoms with E-state index >= 15 is 0 Å². The smallest absolute Gasteiger partial charge is 0.343 e. The molecule has 156 valence electrons. The van der Waals surface area contributed by atoms with E-state index in [1.54, 1.807) is 48.5 Å². The molecule has 0 aliphatic rings. The van der Waals surface area contributed by atoms with Gasteiger partial charge in [0.1, 0.15) is 11.7 Å². The summed E-state index contributed by atoms with van der Waals surface area (Å²) in [7, 11) is 2.47. The number of nitrogens with one attached hydrogen (secondary N) is 1. The topological polar surface area (TPSA) is 117 Å². The molecule has 1 amide bonds. The van der Waals surface area contributed by atoms with Crippen LogP contribution in [-0.2, 0) is 30.3 Å². The average Bonchev–Trinajstić information content (AvgIpc) is 2.71. The summed E-state index contributed by atoms with van der Waals surface area (Å²) in [6.45, 7) is -0.284. The Morgan fingerprint density at radius 1 is 1.00 bits per heavy atom. The van der Waals surface area contributed by atoms with E-state index in [2.05, 4.69) is 10.1 Å². The van der Waals surface area contributed by atoms with Crippen molar-refractivity contribution in [2.75, 3.05) is 31.9 Å². The Morgan fingerprint density at radius 3 is 2.28 bits per heavy atom. The van der Waals surface area contributed by atoms with E-state index in [-0.39, 0.29) is 25.4 Å². The Bertz CT molecular complexity index is 841. The van der Waals surface area contributed by atoms with Gasteiger partial charge >= 0.3 is 11.9 Å². The van der Waals surface area contributed by atoms with E-state index < -0.39 is 23.8 Å². The molecular formula is C20H23ClN2O6. The van der Waals surface area contributed by atoms with Gasteiger partial charge in [-0.25, -0.2) is 4.79 Å². The van der Waals surface area contributed by atoms with Gasteiger partial charge in [0.25, 0.3) is 0 Å². The van der Waals surface area contributed by atoms with E-state index in [0.29, 0.717) is 22.7 Å². The zero-order valence-electron chi connectivity index (χ0n) is 16.0. The molecule has 1 atom stereocenters. The average molecular weight is 423 g/mol. The number of hydrogen-bond donors (Lipinski definition) is 2. The van der Waals surface area contributed by atoms with Crippen LogP contribution >= 0.6 is 12.4 Å². The summed E-state index contributed by atoms with van der Waals surface area (Å²) < 4.78 is 14.8. The largest absolute Gasteiger partial charge is 0.482 e. The Morgan fingerprint density at radius 2 is 1.66 bits per heavy atom. The number of anilines is 2. The maximum absolute atomic E-state index is 12.7. The molecule has 8 nitrogen and oxygen atoms in total. The minimum absolute atomic E-state index is 0. The van der Waals surface area contributed by atoms with Gasteiger partial charge in [0.05, 0.1) is 14.2 Å². The molecule has 2 rings (SSSR count). The molecule has 1 unspecified atom stereocenters. The number of hydrogen-bond acceptors (Lipinski definition) is 7. The Hall–Kier alpha value is -3.26. The maximum atomic E-state index is 12.7. The molecule has 0 spiro atoms. The van der Waals surface area contributed by atoms with Crippen LogP contribution in [0, 0.1) is 5.92 Å². The van der Waals surface area contributed by atoms with Crippen LogP contribution in [0.1, 0.15) is 5.56 Å². The molecule has 0 aliphatic heterocycles. The molecule has 29 heavy (non-hydrogen) atoms. The third-order valence-corrected chi connectivity index (χ3v) is 3.95. The van der Waals surface area contributed by atoms with E-state index in [4.69, 9.17) is 15.2 Å². The van der Waals surface area contributed by atoms with Crippen LogP contribution in [0.4, 0.5) is 11.4 Å². The minimum atomic E-state index is -1.11. The number of halogens is 1. The van der Waals surface area contributed by atoms with Gasteiger partial charge in [-0.15, -0.1) is 12.4 Å². The zero-order valence-corrected chi connectivity index (χ0v) is 16.9. The van der Waals surface area contributed by atoms with Crippen LogP contribution in [0.2, 0.25) is 0 Å². The van der Waals surface area contributed by atoms with Crippen LogP contribution in [0.15, 0.2) is 48.5 Å². The summed E-state index contributed by atoms with van der Waals surface area (Å²) in [4.78, 5) is 36.2. The van der Waals surface area contributed by atoms with Gasteiger partial charge in [-0.05, 0) is 42.3 Å². The van der Waals surface area contributed by atoms with Gasteiger partial charge in [-0.3, -0.25) is 9.59 Å². The highest BCUT2D eigenvalue weighted by molar-refractivity contribution is 6.05. The van der Waals surface area contributed by atoms with Crippen molar-refractivity contribution in [3.63, 3.8) is 0 Å². The van der Waals surface area contributed by atoms with Crippen molar-refractivity contribution in [3.05, 3.63) is 54.1 Å². The highest BCUT2D eigenvalue weighted by atomic mass is 35.5. The standard InChI is InChI=1S/C20H22N2O6.ClH/c1-26-18(23)12-28-17-6-4-3-5-13(17)11-16(20(25)27-2)19(24)22-15-9-7-14(21)8-10-15;/h3-10,16H,11-12,21H2,1-2H3,(H,22,24);1H. The predicted octanol–water partition coefficient (Wildman–Crippen LogP) is 2.21. The van der Waals surface area contributed by atoms with Gasteiger partial charge in [0.15, 0.2) is 6.61 Å². The lowest BCUT2D eigenvalue weighted by molar-refractivity contribution is -0.149. The molecule has 0 saturated carbocycles. The van der Waals surface area contributed by atoms with Crippen LogP contribution < -0.4 is 15.8 Å². The summed E-state index contributed by atoms with van der Waals surface area (Å²) in [5.41, 5.74) is 7.27. The van der Waals surface area contributed by atoms with Gasteiger partial charge in [0.2, 0.25) is 5.91 Å². The van der Waals surface area contributed by atoms with Gasteiger partial charge in [-0.2, -0.15) is 0 Å². The number of benzene rings is 2. The van der Waals surface area contributed by atoms with Crippen molar-refractivity contribution >= 4 is 41.6 Å². The van der Waals surface area contributed by atoms with Crippen LogP contribution in [0.5, 0.6) is 5.75 Å². The monoisotopic (exact) mass is 422 g/mol. The molecule has 2 aromatic carbocycles. The molecule has 0 saturated heterocycles. The molecule has 0 radical (unpaired) electrons.